The molecular weight excluding hydrogens is 388 g/mol. The largest absolute Gasteiger partial charge is 0.382 e. The second-order valence-corrected chi connectivity index (χ2v) is 10.3. The van der Waals surface area contributed by atoms with Crippen molar-refractivity contribution < 1.29 is 21.6 Å². The van der Waals surface area contributed by atoms with E-state index in [0.717, 1.165) is 31.6 Å². The molecule has 0 aromatic heterocycles. The predicted octanol–water partition coefficient (Wildman–Crippen LogP) is 2.57. The van der Waals surface area contributed by atoms with E-state index in [1.165, 1.54) is 36.4 Å². The number of anilines is 2. The number of ether oxygens (including phenoxy) is 1. The van der Waals surface area contributed by atoms with Crippen LogP contribution in [-0.2, 0) is 24.8 Å². The van der Waals surface area contributed by atoms with Crippen molar-refractivity contribution in [3.8, 4) is 0 Å². The molecule has 1 N–H and O–H groups in total. The van der Waals surface area contributed by atoms with Gasteiger partial charge in [-0.05, 0) is 55.7 Å². The van der Waals surface area contributed by atoms with Gasteiger partial charge in [-0.3, -0.25) is 0 Å². The smallest absolute Gasteiger partial charge is 0.279 e. The number of sulfonamides is 2. The van der Waals surface area contributed by atoms with Crippen molar-refractivity contribution >= 4 is 31.4 Å². The Morgan fingerprint density at radius 1 is 0.926 bits per heavy atom. The number of benzene rings is 2. The van der Waals surface area contributed by atoms with Crippen LogP contribution in [0.2, 0.25) is 0 Å². The van der Waals surface area contributed by atoms with Gasteiger partial charge in [0.1, 0.15) is 9.79 Å². The molecule has 27 heavy (non-hydrogen) atoms. The van der Waals surface area contributed by atoms with Gasteiger partial charge in [0, 0.05) is 18.8 Å². The lowest BCUT2D eigenvalue weighted by Gasteiger charge is -2.23. The lowest BCUT2D eigenvalue weighted by Crippen LogP contribution is -2.30. The topological polar surface area (TPSA) is 92.8 Å². The highest BCUT2D eigenvalue weighted by Gasteiger charge is 2.47. The highest BCUT2D eigenvalue weighted by Crippen LogP contribution is 2.40. The van der Waals surface area contributed by atoms with Gasteiger partial charge in [-0.2, -0.15) is 20.5 Å². The Bertz CT molecular complexity index is 990. The minimum absolute atomic E-state index is 0.0886. The van der Waals surface area contributed by atoms with Crippen molar-refractivity contribution in [2.75, 3.05) is 22.2 Å². The van der Waals surface area contributed by atoms with Gasteiger partial charge in [0.25, 0.3) is 20.0 Å². The van der Waals surface area contributed by atoms with E-state index >= 15 is 0 Å². The molecule has 2 heterocycles. The SMILES string of the molecule is O=S1(=O)c2ccccc2S(=O)(=O)N1c1ccc(NCC2CCCCO2)cc1. The monoisotopic (exact) mass is 408 g/mol. The molecule has 1 saturated heterocycles. The summed E-state index contributed by atoms with van der Waals surface area (Å²) in [4.78, 5) is -0.386. The van der Waals surface area contributed by atoms with Gasteiger partial charge in [-0.1, -0.05) is 12.1 Å². The molecule has 0 aliphatic carbocycles. The molecule has 1 unspecified atom stereocenters. The first-order chi connectivity index (χ1) is 12.9. The summed E-state index contributed by atoms with van der Waals surface area (Å²) >= 11 is 0. The fraction of sp³-hybridized carbons (Fsp3) is 0.333. The molecule has 7 nitrogen and oxygen atoms in total. The van der Waals surface area contributed by atoms with E-state index < -0.39 is 20.0 Å². The maximum atomic E-state index is 12.7. The van der Waals surface area contributed by atoms with Crippen LogP contribution in [0.4, 0.5) is 11.4 Å². The van der Waals surface area contributed by atoms with E-state index in [-0.39, 0.29) is 21.6 Å². The summed E-state index contributed by atoms with van der Waals surface area (Å²) in [5.74, 6) is 0. The van der Waals surface area contributed by atoms with Gasteiger partial charge in [0.15, 0.2) is 0 Å². The van der Waals surface area contributed by atoms with Gasteiger partial charge in [-0.25, -0.2) is 0 Å². The average Bonchev–Trinajstić information content (AvgIpc) is 2.84. The Kier molecular flexibility index (Phi) is 4.61. The van der Waals surface area contributed by atoms with Crippen LogP contribution < -0.4 is 9.03 Å². The van der Waals surface area contributed by atoms with Crippen molar-refractivity contribution in [2.24, 2.45) is 0 Å². The van der Waals surface area contributed by atoms with Crippen LogP contribution in [0.5, 0.6) is 0 Å². The third-order valence-corrected chi connectivity index (χ3v) is 9.15. The number of rotatable bonds is 4. The molecule has 1 fully saturated rings. The van der Waals surface area contributed by atoms with Crippen molar-refractivity contribution in [2.45, 2.75) is 35.2 Å². The minimum Gasteiger partial charge on any atom is -0.382 e. The lowest BCUT2D eigenvalue weighted by atomic mass is 10.1. The molecule has 144 valence electrons. The summed E-state index contributed by atoms with van der Waals surface area (Å²) in [7, 11) is -8.29. The molecule has 0 bridgehead atoms. The summed E-state index contributed by atoms with van der Waals surface area (Å²) in [6, 6.07) is 12.0. The second-order valence-electron chi connectivity index (χ2n) is 6.57. The summed E-state index contributed by atoms with van der Waals surface area (Å²) in [5, 5.41) is 3.25. The van der Waals surface area contributed by atoms with E-state index in [9.17, 15) is 16.8 Å². The van der Waals surface area contributed by atoms with E-state index in [2.05, 4.69) is 5.32 Å². The molecule has 0 amide bonds. The Balaban J connectivity index is 1.57. The number of fused-ring (bicyclic) bond motifs is 1. The zero-order valence-electron chi connectivity index (χ0n) is 14.5. The van der Waals surface area contributed by atoms with Crippen LogP contribution in [0, 0.1) is 0 Å². The van der Waals surface area contributed by atoms with E-state index in [1.54, 1.807) is 12.1 Å². The van der Waals surface area contributed by atoms with Gasteiger partial charge in [0.05, 0.1) is 11.8 Å². The van der Waals surface area contributed by atoms with E-state index in [0.29, 0.717) is 10.3 Å². The Labute approximate surface area is 159 Å². The van der Waals surface area contributed by atoms with Crippen LogP contribution >= 0.6 is 0 Å². The van der Waals surface area contributed by atoms with Crippen molar-refractivity contribution in [1.29, 1.82) is 0 Å². The van der Waals surface area contributed by atoms with Gasteiger partial charge in [-0.15, -0.1) is 0 Å². The van der Waals surface area contributed by atoms with Crippen LogP contribution in [0.15, 0.2) is 58.3 Å². The molecule has 2 aromatic rings. The first kappa shape index (κ1) is 18.3. The Morgan fingerprint density at radius 2 is 1.56 bits per heavy atom. The van der Waals surface area contributed by atoms with Gasteiger partial charge >= 0.3 is 0 Å². The maximum absolute atomic E-state index is 12.7. The fourth-order valence-corrected chi connectivity index (χ4v) is 7.81. The molecule has 2 aliphatic heterocycles. The lowest BCUT2D eigenvalue weighted by molar-refractivity contribution is 0.0247. The average molecular weight is 409 g/mol. The fourth-order valence-electron chi connectivity index (χ4n) is 3.36. The van der Waals surface area contributed by atoms with E-state index in [1.807, 2.05) is 0 Å². The molecule has 0 radical (unpaired) electrons. The predicted molar refractivity (Wildman–Crippen MR) is 102 cm³/mol. The quantitative estimate of drug-likeness (QED) is 0.836. The zero-order valence-corrected chi connectivity index (χ0v) is 16.2. The van der Waals surface area contributed by atoms with Crippen LogP contribution in [0.1, 0.15) is 19.3 Å². The van der Waals surface area contributed by atoms with Crippen LogP contribution in [0.3, 0.4) is 0 Å². The molecule has 4 rings (SSSR count). The van der Waals surface area contributed by atoms with Crippen LogP contribution in [0.25, 0.3) is 0 Å². The van der Waals surface area contributed by atoms with E-state index in [4.69, 9.17) is 4.74 Å². The third-order valence-electron chi connectivity index (χ3n) is 4.73. The molecule has 0 saturated carbocycles. The number of nitrogens with one attached hydrogen (secondary N) is 1. The number of hydrogen-bond donors (Lipinski definition) is 1. The highest BCUT2D eigenvalue weighted by molar-refractivity contribution is 8.12. The van der Waals surface area contributed by atoms with Gasteiger partial charge < -0.3 is 10.1 Å². The Morgan fingerprint density at radius 3 is 2.11 bits per heavy atom. The standard InChI is InChI=1S/C18H20N2O5S2/c21-26(22)17-6-1-2-7-18(17)27(23,24)20(26)15-10-8-14(9-11-15)19-13-16-5-3-4-12-25-16/h1-2,6-11,16,19H,3-5,12-13H2. The molecule has 9 heteroatoms. The summed E-state index contributed by atoms with van der Waals surface area (Å²) < 4.78 is 57.1. The van der Waals surface area contributed by atoms with Crippen LogP contribution in [-0.4, -0.2) is 36.1 Å². The minimum atomic E-state index is -4.14. The first-order valence-electron chi connectivity index (χ1n) is 8.76. The number of nitrogens with zero attached hydrogens (tertiary/aromatic N) is 1. The molecular formula is C18H20N2O5S2. The highest BCUT2D eigenvalue weighted by atomic mass is 32.3. The zero-order chi connectivity index (χ0) is 19.1. The molecule has 0 spiro atoms. The molecule has 2 aromatic carbocycles. The summed E-state index contributed by atoms with van der Waals surface area (Å²) in [5.41, 5.74) is 0.866. The normalized spacial score (nSPS) is 23.0. The molecule has 2 aliphatic rings. The van der Waals surface area contributed by atoms with Crippen molar-refractivity contribution in [1.82, 2.24) is 0 Å². The third kappa shape index (κ3) is 3.19. The van der Waals surface area contributed by atoms with Gasteiger partial charge in [0.2, 0.25) is 0 Å². The second kappa shape index (κ2) is 6.81. The Hall–Kier alpha value is -2.10. The maximum Gasteiger partial charge on any atom is 0.279 e. The summed E-state index contributed by atoms with van der Waals surface area (Å²) in [6.07, 6.45) is 3.41. The molecule has 1 atom stereocenters. The van der Waals surface area contributed by atoms with Crippen molar-refractivity contribution in [3.63, 3.8) is 0 Å². The number of hydrogen-bond acceptors (Lipinski definition) is 6. The summed E-state index contributed by atoms with van der Waals surface area (Å²) in [6.45, 7) is 1.43. The first-order valence-corrected chi connectivity index (χ1v) is 11.6. The van der Waals surface area contributed by atoms with Crippen molar-refractivity contribution in [3.05, 3.63) is 48.5 Å².